The van der Waals surface area contributed by atoms with Crippen LogP contribution in [0.5, 0.6) is 5.75 Å². The third-order valence-electron chi connectivity index (χ3n) is 3.28. The Labute approximate surface area is 152 Å². The number of benzene rings is 1. The van der Waals surface area contributed by atoms with Crippen molar-refractivity contribution in [1.29, 1.82) is 0 Å². The summed E-state index contributed by atoms with van der Waals surface area (Å²) in [6.45, 7) is -1.06. The highest BCUT2D eigenvalue weighted by atomic mass is 32.2. The molecule has 0 saturated heterocycles. The number of aromatic nitrogens is 4. The molecule has 3 aromatic rings. The molecule has 1 amide bonds. The third kappa shape index (κ3) is 4.39. The summed E-state index contributed by atoms with van der Waals surface area (Å²) in [6.07, 6.45) is 3.70. The number of aryl methyl sites for hydroxylation is 1. The molecule has 3 rings (SSSR count). The van der Waals surface area contributed by atoms with Crippen molar-refractivity contribution in [2.45, 2.75) is 18.7 Å². The van der Waals surface area contributed by atoms with E-state index in [9.17, 15) is 13.6 Å². The van der Waals surface area contributed by atoms with Crippen LogP contribution < -0.4 is 10.1 Å². The first kappa shape index (κ1) is 17.9. The number of hydrogen-bond acceptors (Lipinski definition) is 5. The second-order valence-corrected chi connectivity index (χ2v) is 6.09. The maximum absolute atomic E-state index is 12.1. The number of carbonyl (C=O) groups is 1. The van der Waals surface area contributed by atoms with Gasteiger partial charge < -0.3 is 10.1 Å². The monoisotopic (exact) mass is 379 g/mol. The normalized spacial score (nSPS) is 10.9. The fourth-order valence-corrected chi connectivity index (χ4v) is 2.98. The zero-order valence-electron chi connectivity index (χ0n) is 13.7. The van der Waals surface area contributed by atoms with Crippen molar-refractivity contribution in [3.05, 3.63) is 54.6 Å². The van der Waals surface area contributed by atoms with Gasteiger partial charge in [-0.1, -0.05) is 11.8 Å². The van der Waals surface area contributed by atoms with Gasteiger partial charge in [0.25, 0.3) is 0 Å². The molecule has 26 heavy (non-hydrogen) atoms. The second-order valence-electron chi connectivity index (χ2n) is 5.14. The Morgan fingerprint density at radius 3 is 2.58 bits per heavy atom. The molecular formula is C16H15F2N5O2S. The molecule has 0 aliphatic carbocycles. The lowest BCUT2D eigenvalue weighted by Gasteiger charge is -2.09. The molecule has 2 heterocycles. The molecule has 0 aliphatic heterocycles. The summed E-state index contributed by atoms with van der Waals surface area (Å²) in [5, 5.41) is 11.4. The lowest BCUT2D eigenvalue weighted by atomic mass is 10.3. The molecule has 2 aromatic heterocycles. The molecule has 0 fully saturated rings. The van der Waals surface area contributed by atoms with Crippen molar-refractivity contribution in [1.82, 2.24) is 19.5 Å². The average Bonchev–Trinajstić information content (AvgIpc) is 3.23. The maximum atomic E-state index is 12.1. The highest BCUT2D eigenvalue weighted by Crippen LogP contribution is 2.20. The number of rotatable bonds is 7. The molecule has 0 atom stereocenters. The van der Waals surface area contributed by atoms with E-state index < -0.39 is 6.61 Å². The summed E-state index contributed by atoms with van der Waals surface area (Å²) < 4.78 is 32.1. The van der Waals surface area contributed by atoms with Crippen LogP contribution in [0, 0.1) is 6.92 Å². The number of halogens is 2. The van der Waals surface area contributed by atoms with E-state index in [0.29, 0.717) is 16.7 Å². The molecule has 136 valence electrons. The molecule has 7 nitrogen and oxygen atoms in total. The summed E-state index contributed by atoms with van der Waals surface area (Å²) >= 11 is 1.24. The molecule has 0 unspecified atom stereocenters. The topological polar surface area (TPSA) is 74.0 Å². The number of carbonyl (C=O) groups excluding carboxylic acids is 1. The van der Waals surface area contributed by atoms with E-state index in [1.807, 2.05) is 36.1 Å². The smallest absolute Gasteiger partial charge is 0.387 e. The first-order valence-electron chi connectivity index (χ1n) is 7.56. The third-order valence-corrected chi connectivity index (χ3v) is 4.20. The Kier molecular flexibility index (Phi) is 5.52. The van der Waals surface area contributed by atoms with Gasteiger partial charge in [0.1, 0.15) is 5.75 Å². The number of thioether (sulfide) groups is 1. The van der Waals surface area contributed by atoms with Crippen molar-refractivity contribution in [3.63, 3.8) is 0 Å². The highest BCUT2D eigenvalue weighted by Gasteiger charge is 2.13. The molecule has 0 spiro atoms. The molecule has 0 aliphatic rings. The standard InChI is InChI=1S/C16H15F2N5O2S/c1-11-20-21-16(23(11)22-8-2-3-9-22)26-10-14(24)19-12-4-6-13(7-5-12)25-15(17)18/h2-9,15H,10H2,1H3,(H,19,24). The molecule has 0 bridgehead atoms. The van der Waals surface area contributed by atoms with Gasteiger partial charge in [-0.15, -0.1) is 10.2 Å². The van der Waals surface area contributed by atoms with Crippen LogP contribution in [0.4, 0.5) is 14.5 Å². The van der Waals surface area contributed by atoms with Crippen LogP contribution in [-0.4, -0.2) is 37.8 Å². The van der Waals surface area contributed by atoms with Gasteiger partial charge in [-0.25, -0.2) is 4.68 Å². The highest BCUT2D eigenvalue weighted by molar-refractivity contribution is 7.99. The summed E-state index contributed by atoms with van der Waals surface area (Å²) in [7, 11) is 0. The number of ether oxygens (including phenoxy) is 1. The van der Waals surface area contributed by atoms with Gasteiger partial charge in [0.05, 0.1) is 5.75 Å². The zero-order chi connectivity index (χ0) is 18.5. The summed E-state index contributed by atoms with van der Waals surface area (Å²) in [4.78, 5) is 12.1. The number of amides is 1. The van der Waals surface area contributed by atoms with Crippen LogP contribution in [0.15, 0.2) is 53.9 Å². The van der Waals surface area contributed by atoms with E-state index >= 15 is 0 Å². The van der Waals surface area contributed by atoms with Gasteiger partial charge >= 0.3 is 6.61 Å². The van der Waals surface area contributed by atoms with E-state index in [0.717, 1.165) is 0 Å². The van der Waals surface area contributed by atoms with Crippen molar-refractivity contribution in [2.24, 2.45) is 0 Å². The van der Waals surface area contributed by atoms with Crippen LogP contribution >= 0.6 is 11.8 Å². The van der Waals surface area contributed by atoms with Crippen molar-refractivity contribution in [2.75, 3.05) is 11.1 Å². The SMILES string of the molecule is Cc1nnc(SCC(=O)Nc2ccc(OC(F)F)cc2)n1-n1cccc1. The number of alkyl halides is 2. The molecular weight excluding hydrogens is 364 g/mol. The van der Waals surface area contributed by atoms with Gasteiger partial charge in [-0.05, 0) is 43.3 Å². The molecule has 1 N–H and O–H groups in total. The van der Waals surface area contributed by atoms with Crippen LogP contribution in [0.25, 0.3) is 0 Å². The van der Waals surface area contributed by atoms with E-state index in [1.165, 1.54) is 36.0 Å². The maximum Gasteiger partial charge on any atom is 0.387 e. The van der Waals surface area contributed by atoms with Crippen LogP contribution in [0.1, 0.15) is 5.82 Å². The zero-order valence-corrected chi connectivity index (χ0v) is 14.5. The van der Waals surface area contributed by atoms with Crippen molar-refractivity contribution < 1.29 is 18.3 Å². The van der Waals surface area contributed by atoms with Crippen molar-refractivity contribution >= 4 is 23.4 Å². The molecule has 1 aromatic carbocycles. The molecule has 10 heteroatoms. The van der Waals surface area contributed by atoms with Gasteiger partial charge in [-0.2, -0.15) is 8.78 Å². The first-order chi connectivity index (χ1) is 12.5. The minimum Gasteiger partial charge on any atom is -0.435 e. The lowest BCUT2D eigenvalue weighted by molar-refractivity contribution is -0.113. The van der Waals surface area contributed by atoms with E-state index in [-0.39, 0.29) is 17.4 Å². The van der Waals surface area contributed by atoms with Gasteiger partial charge in [-0.3, -0.25) is 9.47 Å². The van der Waals surface area contributed by atoms with Crippen molar-refractivity contribution in [3.8, 4) is 5.75 Å². The Morgan fingerprint density at radius 2 is 1.92 bits per heavy atom. The van der Waals surface area contributed by atoms with Gasteiger partial charge in [0, 0.05) is 18.1 Å². The summed E-state index contributed by atoms with van der Waals surface area (Å²) in [6, 6.07) is 9.46. The molecule has 0 saturated carbocycles. The number of nitrogens with zero attached hydrogens (tertiary/aromatic N) is 4. The quantitative estimate of drug-likeness (QED) is 0.639. The summed E-state index contributed by atoms with van der Waals surface area (Å²) in [5.41, 5.74) is 0.486. The first-order valence-corrected chi connectivity index (χ1v) is 8.54. The van der Waals surface area contributed by atoms with E-state index in [1.54, 1.807) is 4.68 Å². The minimum absolute atomic E-state index is 0.0303. The van der Waals surface area contributed by atoms with Crippen LogP contribution in [0.3, 0.4) is 0 Å². The second kappa shape index (κ2) is 8.00. The summed E-state index contributed by atoms with van der Waals surface area (Å²) in [5.74, 6) is 0.591. The minimum atomic E-state index is -2.88. The average molecular weight is 379 g/mol. The number of hydrogen-bond donors (Lipinski definition) is 1. The number of anilines is 1. The Hall–Kier alpha value is -2.88. The Bertz CT molecular complexity index is 865. The predicted octanol–water partition coefficient (Wildman–Crippen LogP) is 3.03. The number of nitrogens with one attached hydrogen (secondary N) is 1. The fraction of sp³-hybridized carbons (Fsp3) is 0.188. The predicted molar refractivity (Wildman–Crippen MR) is 92.4 cm³/mol. The largest absolute Gasteiger partial charge is 0.435 e. The van der Waals surface area contributed by atoms with E-state index in [4.69, 9.17) is 0 Å². The fourth-order valence-electron chi connectivity index (χ4n) is 2.20. The van der Waals surface area contributed by atoms with Gasteiger partial charge in [0.15, 0.2) is 5.82 Å². The molecule has 0 radical (unpaired) electrons. The lowest BCUT2D eigenvalue weighted by Crippen LogP contribution is -2.16. The Balaban J connectivity index is 1.58. The van der Waals surface area contributed by atoms with Crippen LogP contribution in [0.2, 0.25) is 0 Å². The van der Waals surface area contributed by atoms with Gasteiger partial charge in [0.2, 0.25) is 11.1 Å². The Morgan fingerprint density at radius 1 is 1.23 bits per heavy atom. The van der Waals surface area contributed by atoms with Crippen LogP contribution in [-0.2, 0) is 4.79 Å². The van der Waals surface area contributed by atoms with E-state index in [2.05, 4.69) is 20.3 Å².